The van der Waals surface area contributed by atoms with E-state index in [1.54, 1.807) is 12.1 Å². The highest BCUT2D eigenvalue weighted by molar-refractivity contribution is 7.99. The van der Waals surface area contributed by atoms with Crippen molar-refractivity contribution in [2.45, 2.75) is 11.8 Å². The van der Waals surface area contributed by atoms with Gasteiger partial charge in [-0.3, -0.25) is 9.36 Å². The van der Waals surface area contributed by atoms with Gasteiger partial charge in [-0.1, -0.05) is 78.0 Å². The quantitative estimate of drug-likeness (QED) is 0.250. The first-order valence-electron chi connectivity index (χ1n) is 11.0. The molecule has 0 aliphatic rings. The van der Waals surface area contributed by atoms with E-state index in [0.29, 0.717) is 16.0 Å². The fraction of sp³-hybridized carbons (Fsp3) is 0.0741. The first-order valence-corrected chi connectivity index (χ1v) is 12.3. The van der Waals surface area contributed by atoms with Gasteiger partial charge in [0.05, 0.1) is 5.75 Å². The Morgan fingerprint density at radius 1 is 0.886 bits per heavy atom. The molecule has 1 amide bonds. The summed E-state index contributed by atoms with van der Waals surface area (Å²) in [6.45, 7) is 0.225. The molecular weight excluding hydrogens is 480 g/mol. The van der Waals surface area contributed by atoms with E-state index in [1.807, 2.05) is 89.5 Å². The van der Waals surface area contributed by atoms with E-state index in [2.05, 4.69) is 15.5 Å². The smallest absolute Gasteiger partial charge is 0.234 e. The van der Waals surface area contributed by atoms with Crippen LogP contribution in [-0.2, 0) is 11.4 Å². The largest absolute Gasteiger partial charge is 0.486 e. The highest BCUT2D eigenvalue weighted by Gasteiger charge is 2.17. The molecule has 0 bridgehead atoms. The second-order valence-corrected chi connectivity index (χ2v) is 9.05. The fourth-order valence-electron chi connectivity index (χ4n) is 3.65. The van der Waals surface area contributed by atoms with Crippen LogP contribution in [-0.4, -0.2) is 26.4 Å². The average Bonchev–Trinajstić information content (AvgIpc) is 3.30. The maximum absolute atomic E-state index is 12.8. The van der Waals surface area contributed by atoms with E-state index >= 15 is 0 Å². The van der Waals surface area contributed by atoms with Crippen molar-refractivity contribution in [1.82, 2.24) is 14.8 Å². The van der Waals surface area contributed by atoms with Gasteiger partial charge in [-0.2, -0.15) is 0 Å². The fourth-order valence-corrected chi connectivity index (χ4v) is 4.55. The molecule has 1 N–H and O–H groups in total. The number of fused-ring (bicyclic) bond motifs is 1. The first kappa shape index (κ1) is 23.0. The van der Waals surface area contributed by atoms with Gasteiger partial charge in [0, 0.05) is 21.8 Å². The Labute approximate surface area is 211 Å². The van der Waals surface area contributed by atoms with Crippen LogP contribution in [0.2, 0.25) is 5.02 Å². The predicted octanol–water partition coefficient (Wildman–Crippen LogP) is 6.38. The van der Waals surface area contributed by atoms with Crippen LogP contribution in [0.25, 0.3) is 16.5 Å². The zero-order valence-corrected chi connectivity index (χ0v) is 20.2. The predicted molar refractivity (Wildman–Crippen MR) is 140 cm³/mol. The molecule has 0 fully saturated rings. The van der Waals surface area contributed by atoms with E-state index in [9.17, 15) is 4.79 Å². The molecule has 4 aromatic carbocycles. The molecule has 0 atom stereocenters. The van der Waals surface area contributed by atoms with Gasteiger partial charge < -0.3 is 10.1 Å². The van der Waals surface area contributed by atoms with Crippen molar-refractivity contribution in [3.8, 4) is 11.4 Å². The Kier molecular flexibility index (Phi) is 6.97. The van der Waals surface area contributed by atoms with Crippen LogP contribution in [0.4, 0.5) is 5.69 Å². The van der Waals surface area contributed by atoms with Crippen molar-refractivity contribution < 1.29 is 9.53 Å². The van der Waals surface area contributed by atoms with Crippen LogP contribution >= 0.6 is 23.4 Å². The molecule has 0 spiro atoms. The number of nitrogens with zero attached hydrogens (tertiary/aromatic N) is 3. The van der Waals surface area contributed by atoms with E-state index in [-0.39, 0.29) is 18.3 Å². The lowest BCUT2D eigenvalue weighted by Gasteiger charge is -2.12. The molecule has 6 nitrogen and oxygen atoms in total. The van der Waals surface area contributed by atoms with Gasteiger partial charge >= 0.3 is 0 Å². The van der Waals surface area contributed by atoms with Gasteiger partial charge in [-0.25, -0.2) is 0 Å². The summed E-state index contributed by atoms with van der Waals surface area (Å²) in [4.78, 5) is 12.8. The maximum atomic E-state index is 12.8. The molecular formula is C27H21ClN4O2S. The number of para-hydroxylation sites is 1. The number of thioether (sulfide) groups is 1. The highest BCUT2D eigenvalue weighted by atomic mass is 35.5. The third kappa shape index (κ3) is 5.48. The number of hydrogen-bond donors (Lipinski definition) is 1. The number of carbonyl (C=O) groups is 1. The Hall–Kier alpha value is -3.81. The Morgan fingerprint density at radius 2 is 1.63 bits per heavy atom. The van der Waals surface area contributed by atoms with Crippen molar-refractivity contribution in [1.29, 1.82) is 0 Å². The molecule has 1 aromatic heterocycles. The lowest BCUT2D eigenvalue weighted by molar-refractivity contribution is -0.113. The number of ether oxygens (including phenoxy) is 1. The third-order valence-corrected chi connectivity index (χ3v) is 6.47. The summed E-state index contributed by atoms with van der Waals surface area (Å²) in [5, 5.41) is 15.0. The molecule has 0 saturated heterocycles. The second kappa shape index (κ2) is 10.6. The van der Waals surface area contributed by atoms with Crippen molar-refractivity contribution in [3.05, 3.63) is 108 Å². The molecule has 0 aliphatic carbocycles. The van der Waals surface area contributed by atoms with Gasteiger partial charge in [0.2, 0.25) is 5.91 Å². The summed E-state index contributed by atoms with van der Waals surface area (Å²) in [7, 11) is 0. The van der Waals surface area contributed by atoms with Gasteiger partial charge in [-0.05, 0) is 47.9 Å². The number of nitrogens with one attached hydrogen (secondary N) is 1. The number of amides is 1. The van der Waals surface area contributed by atoms with Gasteiger partial charge in [-0.15, -0.1) is 10.2 Å². The number of carbonyl (C=O) groups excluding carboxylic acids is 1. The number of hydrogen-bond acceptors (Lipinski definition) is 5. The third-order valence-electron chi connectivity index (χ3n) is 5.29. The van der Waals surface area contributed by atoms with E-state index in [0.717, 1.165) is 27.9 Å². The van der Waals surface area contributed by atoms with Crippen LogP contribution in [0.5, 0.6) is 5.75 Å². The topological polar surface area (TPSA) is 69.0 Å². The number of halogens is 1. The van der Waals surface area contributed by atoms with Crippen molar-refractivity contribution in [2.24, 2.45) is 0 Å². The van der Waals surface area contributed by atoms with Crippen molar-refractivity contribution >= 4 is 45.7 Å². The monoisotopic (exact) mass is 500 g/mol. The van der Waals surface area contributed by atoms with Gasteiger partial charge in [0.1, 0.15) is 12.4 Å². The first-order chi connectivity index (χ1) is 17.2. The van der Waals surface area contributed by atoms with Crippen LogP contribution in [0.1, 0.15) is 5.82 Å². The summed E-state index contributed by atoms with van der Waals surface area (Å²) in [5.74, 6) is 1.41. The van der Waals surface area contributed by atoms with Gasteiger partial charge in [0.25, 0.3) is 0 Å². The SMILES string of the molecule is O=C(CSc1nnc(COc2ccccc2)n1-c1ccc(Cl)cc1)Nc1cccc2ccccc12. The second-order valence-electron chi connectivity index (χ2n) is 7.68. The number of anilines is 1. The molecule has 0 unspecified atom stereocenters. The molecule has 0 radical (unpaired) electrons. The number of rotatable bonds is 8. The zero-order chi connectivity index (χ0) is 24.0. The summed E-state index contributed by atoms with van der Waals surface area (Å²) >= 11 is 7.40. The molecule has 5 aromatic rings. The molecule has 174 valence electrons. The van der Waals surface area contributed by atoms with E-state index < -0.39 is 0 Å². The highest BCUT2D eigenvalue weighted by Crippen LogP contribution is 2.26. The van der Waals surface area contributed by atoms with Crippen molar-refractivity contribution in [2.75, 3.05) is 11.1 Å². The minimum absolute atomic E-state index is 0.126. The molecule has 5 rings (SSSR count). The number of benzene rings is 4. The lowest BCUT2D eigenvalue weighted by atomic mass is 10.1. The minimum atomic E-state index is -0.126. The Balaban J connectivity index is 1.34. The van der Waals surface area contributed by atoms with Crippen LogP contribution in [0, 0.1) is 0 Å². The van der Waals surface area contributed by atoms with Crippen LogP contribution < -0.4 is 10.1 Å². The molecule has 1 heterocycles. The van der Waals surface area contributed by atoms with Crippen LogP contribution in [0.15, 0.2) is 102 Å². The van der Waals surface area contributed by atoms with Crippen LogP contribution in [0.3, 0.4) is 0 Å². The molecule has 8 heteroatoms. The summed E-state index contributed by atoms with van der Waals surface area (Å²) in [6.07, 6.45) is 0. The summed E-state index contributed by atoms with van der Waals surface area (Å²) in [6, 6.07) is 30.7. The molecule has 0 aliphatic heterocycles. The summed E-state index contributed by atoms with van der Waals surface area (Å²) < 4.78 is 7.78. The molecule has 35 heavy (non-hydrogen) atoms. The zero-order valence-electron chi connectivity index (χ0n) is 18.6. The normalized spacial score (nSPS) is 10.9. The van der Waals surface area contributed by atoms with E-state index in [4.69, 9.17) is 16.3 Å². The van der Waals surface area contributed by atoms with Crippen molar-refractivity contribution in [3.63, 3.8) is 0 Å². The van der Waals surface area contributed by atoms with Gasteiger partial charge in [0.15, 0.2) is 11.0 Å². The summed E-state index contributed by atoms with van der Waals surface area (Å²) in [5.41, 5.74) is 1.62. The minimum Gasteiger partial charge on any atom is -0.486 e. The molecule has 0 saturated carbocycles. The Morgan fingerprint density at radius 3 is 2.46 bits per heavy atom. The Bertz CT molecular complexity index is 1450. The standard InChI is InChI=1S/C27H21ClN4O2S/c28-20-13-15-21(16-14-20)32-25(17-34-22-9-2-1-3-10-22)30-31-27(32)35-18-26(33)29-24-12-6-8-19-7-4-5-11-23(19)24/h1-16H,17-18H2,(H,29,33). The lowest BCUT2D eigenvalue weighted by Crippen LogP contribution is -2.15. The van der Waals surface area contributed by atoms with E-state index in [1.165, 1.54) is 11.8 Å². The number of aromatic nitrogens is 3. The maximum Gasteiger partial charge on any atom is 0.234 e. The average molecular weight is 501 g/mol.